The number of amidine groups is 1. The molecule has 3 heterocycles. The molecule has 2 aromatic rings. The number of morpholine rings is 1. The molecule has 0 bridgehead atoms. The maximum atomic E-state index is 8.70. The quantitative estimate of drug-likeness (QED) is 0.311. The number of anilines is 1. The molecular formula is C10H13N7O2. The predicted molar refractivity (Wildman–Crippen MR) is 66.1 cm³/mol. The third-order valence-corrected chi connectivity index (χ3v) is 3.01. The molecule has 9 nitrogen and oxygen atoms in total. The summed E-state index contributed by atoms with van der Waals surface area (Å²) in [6.45, 7) is 1.59. The normalized spacial score (nSPS) is 20.9. The molecule has 9 heteroatoms. The molecule has 1 unspecified atom stereocenters. The topological polar surface area (TPSA) is 114 Å². The summed E-state index contributed by atoms with van der Waals surface area (Å²) in [5.41, 5.74) is 6.24. The monoisotopic (exact) mass is 263 g/mol. The van der Waals surface area contributed by atoms with Gasteiger partial charge in [-0.3, -0.25) is 4.40 Å². The molecule has 3 rings (SSSR count). The molecule has 0 saturated carbocycles. The van der Waals surface area contributed by atoms with Gasteiger partial charge in [-0.1, -0.05) is 5.16 Å². The van der Waals surface area contributed by atoms with E-state index in [4.69, 9.17) is 15.7 Å². The highest BCUT2D eigenvalue weighted by atomic mass is 16.5. The molecule has 0 amide bonds. The fraction of sp³-hybridized carbons (Fsp3) is 0.400. The van der Waals surface area contributed by atoms with E-state index in [1.165, 1.54) is 0 Å². The van der Waals surface area contributed by atoms with Crippen molar-refractivity contribution in [2.24, 2.45) is 10.9 Å². The summed E-state index contributed by atoms with van der Waals surface area (Å²) in [5, 5.41) is 19.6. The lowest BCUT2D eigenvalue weighted by molar-refractivity contribution is 0.0804. The van der Waals surface area contributed by atoms with Gasteiger partial charge in [0.1, 0.15) is 12.4 Å². The Morgan fingerprint density at radius 1 is 1.58 bits per heavy atom. The summed E-state index contributed by atoms with van der Waals surface area (Å²) in [4.78, 5) is 6.31. The molecule has 0 aliphatic carbocycles. The maximum absolute atomic E-state index is 8.70. The van der Waals surface area contributed by atoms with Crippen LogP contribution in [0.1, 0.15) is 0 Å². The van der Waals surface area contributed by atoms with Crippen molar-refractivity contribution in [1.29, 1.82) is 0 Å². The van der Waals surface area contributed by atoms with Crippen molar-refractivity contribution in [3.05, 3.63) is 18.7 Å². The Kier molecular flexibility index (Phi) is 2.88. The van der Waals surface area contributed by atoms with Gasteiger partial charge < -0.3 is 20.6 Å². The van der Waals surface area contributed by atoms with Gasteiger partial charge in [-0.15, -0.1) is 10.2 Å². The Morgan fingerprint density at radius 2 is 2.47 bits per heavy atom. The molecule has 100 valence electrons. The van der Waals surface area contributed by atoms with E-state index in [-0.39, 0.29) is 5.84 Å². The molecular weight excluding hydrogens is 250 g/mol. The molecule has 1 fully saturated rings. The number of nitrogens with zero attached hydrogens (tertiary/aromatic N) is 6. The maximum Gasteiger partial charge on any atom is 0.203 e. The van der Waals surface area contributed by atoms with Crippen molar-refractivity contribution in [2.45, 2.75) is 6.10 Å². The van der Waals surface area contributed by atoms with Gasteiger partial charge in [0, 0.05) is 18.9 Å². The SMILES string of the molecule is NC(=NO)C1CN(c2nccn3cnnc23)CCO1. The molecule has 0 aromatic carbocycles. The van der Waals surface area contributed by atoms with Gasteiger partial charge in [-0.25, -0.2) is 4.98 Å². The fourth-order valence-electron chi connectivity index (χ4n) is 2.05. The van der Waals surface area contributed by atoms with Crippen LogP contribution >= 0.6 is 0 Å². The molecule has 1 saturated heterocycles. The van der Waals surface area contributed by atoms with Crippen molar-refractivity contribution < 1.29 is 9.94 Å². The van der Waals surface area contributed by atoms with E-state index < -0.39 is 6.10 Å². The Labute approximate surface area is 108 Å². The summed E-state index contributed by atoms with van der Waals surface area (Å²) in [6, 6.07) is 0. The molecule has 0 spiro atoms. The summed E-state index contributed by atoms with van der Waals surface area (Å²) < 4.78 is 7.24. The second kappa shape index (κ2) is 4.69. The smallest absolute Gasteiger partial charge is 0.203 e. The number of fused-ring (bicyclic) bond motifs is 1. The Hall–Kier alpha value is -2.42. The van der Waals surface area contributed by atoms with Crippen LogP contribution < -0.4 is 10.6 Å². The van der Waals surface area contributed by atoms with Crippen molar-refractivity contribution in [1.82, 2.24) is 19.6 Å². The number of nitrogens with two attached hydrogens (primary N) is 1. The first-order valence-corrected chi connectivity index (χ1v) is 5.78. The first-order chi connectivity index (χ1) is 9.29. The molecule has 1 atom stereocenters. The van der Waals surface area contributed by atoms with E-state index in [2.05, 4.69) is 20.3 Å². The highest BCUT2D eigenvalue weighted by Gasteiger charge is 2.26. The average Bonchev–Trinajstić information content (AvgIpc) is 2.94. The van der Waals surface area contributed by atoms with Crippen LogP contribution in [0.3, 0.4) is 0 Å². The van der Waals surface area contributed by atoms with Crippen LogP contribution in [-0.4, -0.2) is 56.4 Å². The minimum Gasteiger partial charge on any atom is -0.409 e. The van der Waals surface area contributed by atoms with Gasteiger partial charge in [-0.2, -0.15) is 0 Å². The highest BCUT2D eigenvalue weighted by Crippen LogP contribution is 2.19. The van der Waals surface area contributed by atoms with Crippen LogP contribution in [0.25, 0.3) is 5.65 Å². The fourth-order valence-corrected chi connectivity index (χ4v) is 2.05. The third-order valence-electron chi connectivity index (χ3n) is 3.01. The van der Waals surface area contributed by atoms with Crippen molar-refractivity contribution in [3.63, 3.8) is 0 Å². The standard InChI is InChI=1S/C10H13N7O2/c11-8(15-18)7-5-16(3-4-19-7)9-10-14-13-6-17(10)2-1-12-9/h1-2,6-7,18H,3-5H2,(H2,11,15). The van der Waals surface area contributed by atoms with Gasteiger partial charge in [0.15, 0.2) is 11.7 Å². The van der Waals surface area contributed by atoms with E-state index >= 15 is 0 Å². The minimum absolute atomic E-state index is 0.0538. The van der Waals surface area contributed by atoms with Gasteiger partial charge in [0.25, 0.3) is 0 Å². The Morgan fingerprint density at radius 3 is 3.32 bits per heavy atom. The molecule has 0 radical (unpaired) electrons. The molecule has 1 aliphatic rings. The Bertz CT molecular complexity index is 611. The summed E-state index contributed by atoms with van der Waals surface area (Å²) in [5.74, 6) is 0.761. The average molecular weight is 263 g/mol. The lowest BCUT2D eigenvalue weighted by Crippen LogP contribution is -2.49. The molecule has 19 heavy (non-hydrogen) atoms. The lowest BCUT2D eigenvalue weighted by atomic mass is 10.2. The van der Waals surface area contributed by atoms with Gasteiger partial charge in [0.05, 0.1) is 13.2 Å². The van der Waals surface area contributed by atoms with Crippen LogP contribution in [0, 0.1) is 0 Å². The minimum atomic E-state index is -0.455. The van der Waals surface area contributed by atoms with Gasteiger partial charge in [0.2, 0.25) is 5.65 Å². The van der Waals surface area contributed by atoms with Crippen LogP contribution in [0.5, 0.6) is 0 Å². The number of aromatic nitrogens is 4. The molecule has 3 N–H and O–H groups in total. The van der Waals surface area contributed by atoms with Crippen LogP contribution in [0.4, 0.5) is 5.82 Å². The van der Waals surface area contributed by atoms with E-state index in [9.17, 15) is 0 Å². The van der Waals surface area contributed by atoms with Crippen LogP contribution in [0.15, 0.2) is 23.9 Å². The number of rotatable bonds is 2. The summed E-state index contributed by atoms with van der Waals surface area (Å²) >= 11 is 0. The largest absolute Gasteiger partial charge is 0.409 e. The van der Waals surface area contributed by atoms with Gasteiger partial charge >= 0.3 is 0 Å². The predicted octanol–water partition coefficient (Wildman–Crippen LogP) is -0.924. The first kappa shape index (κ1) is 11.7. The van der Waals surface area contributed by atoms with Crippen molar-refractivity contribution >= 4 is 17.3 Å². The number of hydrogen-bond acceptors (Lipinski definition) is 7. The zero-order valence-corrected chi connectivity index (χ0v) is 10.0. The first-order valence-electron chi connectivity index (χ1n) is 5.78. The molecule has 1 aliphatic heterocycles. The number of ether oxygens (including phenoxy) is 1. The third kappa shape index (κ3) is 2.03. The second-order valence-corrected chi connectivity index (χ2v) is 4.14. The van der Waals surface area contributed by atoms with Crippen molar-refractivity contribution in [3.8, 4) is 0 Å². The Balaban J connectivity index is 1.91. The van der Waals surface area contributed by atoms with Crippen LogP contribution in [-0.2, 0) is 4.74 Å². The van der Waals surface area contributed by atoms with E-state index in [0.29, 0.717) is 31.2 Å². The zero-order chi connectivity index (χ0) is 13.2. The van der Waals surface area contributed by atoms with E-state index in [0.717, 1.165) is 0 Å². The van der Waals surface area contributed by atoms with Crippen molar-refractivity contribution in [2.75, 3.05) is 24.6 Å². The van der Waals surface area contributed by atoms with E-state index in [1.807, 2.05) is 4.90 Å². The summed E-state index contributed by atoms with van der Waals surface area (Å²) in [7, 11) is 0. The second-order valence-electron chi connectivity index (χ2n) is 4.14. The van der Waals surface area contributed by atoms with Crippen LogP contribution in [0.2, 0.25) is 0 Å². The molecule has 2 aromatic heterocycles. The van der Waals surface area contributed by atoms with E-state index in [1.54, 1.807) is 23.1 Å². The number of hydrogen-bond donors (Lipinski definition) is 2. The zero-order valence-electron chi connectivity index (χ0n) is 10.0. The highest BCUT2D eigenvalue weighted by molar-refractivity contribution is 5.85. The lowest BCUT2D eigenvalue weighted by Gasteiger charge is -2.32. The van der Waals surface area contributed by atoms with Gasteiger partial charge in [-0.05, 0) is 0 Å². The summed E-state index contributed by atoms with van der Waals surface area (Å²) in [6.07, 6.45) is 4.62. The number of oxime groups is 1.